The maximum absolute atomic E-state index is 10.1. The molecule has 1 fully saturated rings. The third kappa shape index (κ3) is 4.34. The molecule has 1 aromatic carbocycles. The van der Waals surface area contributed by atoms with Crippen LogP contribution in [0.15, 0.2) is 29.4 Å². The Morgan fingerprint density at radius 2 is 1.90 bits per heavy atom. The lowest BCUT2D eigenvalue weighted by Gasteiger charge is -2.29. The van der Waals surface area contributed by atoms with Crippen molar-refractivity contribution in [2.24, 2.45) is 5.11 Å². The molecule has 0 aliphatic carbocycles. The topological polar surface area (TPSA) is 104 Å². The maximum atomic E-state index is 10.1. The summed E-state index contributed by atoms with van der Waals surface area (Å²) >= 11 is 0. The lowest BCUT2D eigenvalue weighted by Crippen LogP contribution is -2.43. The van der Waals surface area contributed by atoms with Gasteiger partial charge in [-0.05, 0) is 29.6 Å². The van der Waals surface area contributed by atoms with Crippen molar-refractivity contribution in [2.45, 2.75) is 18.6 Å². The molecule has 3 N–H and O–H groups in total. The molecule has 2 unspecified atom stereocenters. The molecule has 1 aliphatic heterocycles. The number of hydrogen-bond donors (Lipinski definition) is 3. The van der Waals surface area contributed by atoms with Crippen LogP contribution in [-0.2, 0) is 0 Å². The van der Waals surface area contributed by atoms with E-state index in [-0.39, 0.29) is 13.0 Å². The molecule has 7 nitrogen and oxygen atoms in total. The highest BCUT2D eigenvalue weighted by atomic mass is 16.3. The van der Waals surface area contributed by atoms with E-state index >= 15 is 0 Å². The number of hydrogen-bond acceptors (Lipinski definition) is 5. The van der Waals surface area contributed by atoms with Gasteiger partial charge in [0.1, 0.15) is 6.10 Å². The van der Waals surface area contributed by atoms with Crippen molar-refractivity contribution < 1.29 is 10.2 Å². The molecule has 114 valence electrons. The van der Waals surface area contributed by atoms with E-state index in [0.29, 0.717) is 5.56 Å². The fourth-order valence-corrected chi connectivity index (χ4v) is 2.42. The number of anilines is 1. The van der Waals surface area contributed by atoms with E-state index in [1.54, 1.807) is 0 Å². The van der Waals surface area contributed by atoms with E-state index in [2.05, 4.69) is 20.2 Å². The van der Waals surface area contributed by atoms with Crippen molar-refractivity contribution in [1.29, 1.82) is 0 Å². The number of benzene rings is 1. The molecule has 2 rings (SSSR count). The van der Waals surface area contributed by atoms with Crippen molar-refractivity contribution >= 4 is 5.69 Å². The zero-order chi connectivity index (χ0) is 15.1. The molecule has 1 saturated heterocycles. The Hall–Kier alpha value is -1.79. The van der Waals surface area contributed by atoms with Crippen LogP contribution in [0.4, 0.5) is 5.69 Å². The predicted molar refractivity (Wildman–Crippen MR) is 81.1 cm³/mol. The molecule has 0 aromatic heterocycles. The van der Waals surface area contributed by atoms with Crippen molar-refractivity contribution in [2.75, 3.05) is 37.6 Å². The smallest absolute Gasteiger partial charge is 0.105 e. The minimum atomic E-state index is -0.962. The highest BCUT2D eigenvalue weighted by Crippen LogP contribution is 2.23. The third-order valence-corrected chi connectivity index (χ3v) is 3.67. The Morgan fingerprint density at radius 1 is 1.24 bits per heavy atom. The summed E-state index contributed by atoms with van der Waals surface area (Å²) in [6.45, 7) is 4.06. The monoisotopic (exact) mass is 291 g/mol. The molecule has 0 radical (unpaired) electrons. The standard InChI is InChI=1S/C14H21N5O2/c15-18-17-6-5-13(20)14(21)11-1-3-12(4-2-11)19-9-7-16-8-10-19/h1-4,13-14,16,20-21H,5-10H2. The fourth-order valence-electron chi connectivity index (χ4n) is 2.42. The van der Waals surface area contributed by atoms with Crippen LogP contribution in [0.1, 0.15) is 18.1 Å². The summed E-state index contributed by atoms with van der Waals surface area (Å²) in [7, 11) is 0. The summed E-state index contributed by atoms with van der Waals surface area (Å²) in [6.07, 6.45) is -1.65. The van der Waals surface area contributed by atoms with E-state index in [9.17, 15) is 10.2 Å². The quantitative estimate of drug-likeness (QED) is 0.416. The summed E-state index contributed by atoms with van der Waals surface area (Å²) < 4.78 is 0. The van der Waals surface area contributed by atoms with Gasteiger partial charge in [-0.25, -0.2) is 0 Å². The number of rotatable bonds is 6. The van der Waals surface area contributed by atoms with Gasteiger partial charge in [0.05, 0.1) is 6.10 Å². The van der Waals surface area contributed by atoms with Gasteiger partial charge in [0.2, 0.25) is 0 Å². The molecular formula is C14H21N5O2. The van der Waals surface area contributed by atoms with Gasteiger partial charge in [0, 0.05) is 43.3 Å². The Balaban J connectivity index is 1.95. The predicted octanol–water partition coefficient (Wildman–Crippen LogP) is 1.19. The highest BCUT2D eigenvalue weighted by Gasteiger charge is 2.18. The van der Waals surface area contributed by atoms with E-state index in [4.69, 9.17) is 5.53 Å². The minimum absolute atomic E-state index is 0.174. The molecule has 0 spiro atoms. The number of aliphatic hydroxyl groups is 2. The zero-order valence-electron chi connectivity index (χ0n) is 11.9. The molecule has 7 heteroatoms. The molecule has 1 heterocycles. The second-order valence-electron chi connectivity index (χ2n) is 5.08. The molecular weight excluding hydrogens is 270 g/mol. The average Bonchev–Trinajstić information content (AvgIpc) is 2.55. The first-order valence-corrected chi connectivity index (χ1v) is 7.15. The van der Waals surface area contributed by atoms with Crippen LogP contribution in [0.3, 0.4) is 0 Å². The van der Waals surface area contributed by atoms with Gasteiger partial charge in [-0.15, -0.1) is 0 Å². The number of aliphatic hydroxyl groups excluding tert-OH is 2. The zero-order valence-corrected chi connectivity index (χ0v) is 11.9. The highest BCUT2D eigenvalue weighted by molar-refractivity contribution is 5.48. The number of piperazine rings is 1. The Morgan fingerprint density at radius 3 is 2.52 bits per heavy atom. The maximum Gasteiger partial charge on any atom is 0.105 e. The van der Waals surface area contributed by atoms with Crippen molar-refractivity contribution in [3.05, 3.63) is 40.3 Å². The summed E-state index contributed by atoms with van der Waals surface area (Å²) in [6, 6.07) is 7.59. The Labute approximate surface area is 123 Å². The van der Waals surface area contributed by atoms with Crippen LogP contribution in [0, 0.1) is 0 Å². The van der Waals surface area contributed by atoms with Gasteiger partial charge >= 0.3 is 0 Å². The van der Waals surface area contributed by atoms with Gasteiger partial charge in [-0.3, -0.25) is 0 Å². The SMILES string of the molecule is [N-]=[N+]=NCCC(O)C(O)c1ccc(N2CCNCC2)cc1. The van der Waals surface area contributed by atoms with E-state index in [1.807, 2.05) is 24.3 Å². The number of nitrogens with zero attached hydrogens (tertiary/aromatic N) is 4. The van der Waals surface area contributed by atoms with Crippen molar-refractivity contribution in [3.63, 3.8) is 0 Å². The van der Waals surface area contributed by atoms with E-state index in [0.717, 1.165) is 31.9 Å². The van der Waals surface area contributed by atoms with Gasteiger partial charge in [-0.1, -0.05) is 17.2 Å². The average molecular weight is 291 g/mol. The summed E-state index contributed by atoms with van der Waals surface area (Å²) in [5.41, 5.74) is 9.98. The van der Waals surface area contributed by atoms with Crippen LogP contribution >= 0.6 is 0 Å². The summed E-state index contributed by atoms with van der Waals surface area (Å²) in [5.74, 6) is 0. The van der Waals surface area contributed by atoms with Gasteiger partial charge < -0.3 is 20.4 Å². The first-order chi connectivity index (χ1) is 10.2. The van der Waals surface area contributed by atoms with Gasteiger partial charge in [0.15, 0.2) is 0 Å². The third-order valence-electron chi connectivity index (χ3n) is 3.67. The van der Waals surface area contributed by atoms with Crippen molar-refractivity contribution in [3.8, 4) is 0 Å². The number of azide groups is 1. The first kappa shape index (κ1) is 15.6. The molecule has 1 aromatic rings. The van der Waals surface area contributed by atoms with Crippen LogP contribution in [-0.4, -0.2) is 49.0 Å². The molecule has 21 heavy (non-hydrogen) atoms. The van der Waals surface area contributed by atoms with Crippen LogP contribution < -0.4 is 10.2 Å². The molecule has 0 saturated carbocycles. The summed E-state index contributed by atoms with van der Waals surface area (Å²) in [5, 5.41) is 26.6. The van der Waals surface area contributed by atoms with Gasteiger partial charge in [0.25, 0.3) is 0 Å². The molecule has 0 bridgehead atoms. The number of nitrogens with one attached hydrogen (secondary N) is 1. The fraction of sp³-hybridized carbons (Fsp3) is 0.571. The lowest BCUT2D eigenvalue weighted by molar-refractivity contribution is 0.0150. The lowest BCUT2D eigenvalue weighted by atomic mass is 10.0. The largest absolute Gasteiger partial charge is 0.390 e. The second-order valence-corrected chi connectivity index (χ2v) is 5.08. The van der Waals surface area contributed by atoms with Gasteiger partial charge in [-0.2, -0.15) is 0 Å². The molecule has 0 amide bonds. The molecule has 1 aliphatic rings. The Kier molecular flexibility index (Phi) is 5.83. The van der Waals surface area contributed by atoms with E-state index < -0.39 is 12.2 Å². The second kappa shape index (κ2) is 7.85. The van der Waals surface area contributed by atoms with Crippen molar-refractivity contribution in [1.82, 2.24) is 5.32 Å². The minimum Gasteiger partial charge on any atom is -0.390 e. The van der Waals surface area contributed by atoms with Crippen LogP contribution in [0.5, 0.6) is 0 Å². The first-order valence-electron chi connectivity index (χ1n) is 7.15. The molecule has 2 atom stereocenters. The summed E-state index contributed by atoms with van der Waals surface area (Å²) in [4.78, 5) is 4.91. The van der Waals surface area contributed by atoms with Crippen LogP contribution in [0.2, 0.25) is 0 Å². The Bertz CT molecular complexity index is 481. The normalized spacial score (nSPS) is 17.9. The van der Waals surface area contributed by atoms with Crippen LogP contribution in [0.25, 0.3) is 10.4 Å². The van der Waals surface area contributed by atoms with E-state index in [1.165, 1.54) is 0 Å².